The Hall–Kier alpha value is -0.610. The number of nitrogens with one attached hydrogen (secondary N) is 1. The van der Waals surface area contributed by atoms with Crippen LogP contribution in [0, 0.1) is 11.8 Å². The van der Waals surface area contributed by atoms with Crippen LogP contribution in [-0.4, -0.2) is 31.2 Å². The molecule has 80 valence electrons. The van der Waals surface area contributed by atoms with Gasteiger partial charge in [0.2, 0.25) is 0 Å². The summed E-state index contributed by atoms with van der Waals surface area (Å²) in [5, 5.41) is 3.22. The number of ether oxygens (including phenoxy) is 1. The van der Waals surface area contributed by atoms with Gasteiger partial charge in [-0.15, -0.1) is 0 Å². The van der Waals surface area contributed by atoms with Gasteiger partial charge in [-0.25, -0.2) is 0 Å². The lowest BCUT2D eigenvalue weighted by Crippen LogP contribution is -2.37. The fourth-order valence-electron chi connectivity index (χ4n) is 2.75. The lowest BCUT2D eigenvalue weighted by molar-refractivity contribution is -0.146. The molecule has 1 heterocycles. The van der Waals surface area contributed by atoms with Gasteiger partial charge < -0.3 is 15.8 Å². The van der Waals surface area contributed by atoms with Gasteiger partial charge in [0.15, 0.2) is 0 Å². The molecule has 0 unspecified atom stereocenters. The number of hydrogen-bond acceptors (Lipinski definition) is 4. The summed E-state index contributed by atoms with van der Waals surface area (Å²) in [6.07, 6.45) is 2.11. The van der Waals surface area contributed by atoms with Crippen LogP contribution in [0.3, 0.4) is 0 Å². The third-order valence-electron chi connectivity index (χ3n) is 3.48. The molecule has 2 fully saturated rings. The maximum Gasteiger partial charge on any atom is 0.323 e. The minimum absolute atomic E-state index is 0.103. The second-order valence-electron chi connectivity index (χ2n) is 4.21. The van der Waals surface area contributed by atoms with Crippen LogP contribution in [0.5, 0.6) is 0 Å². The molecule has 2 rings (SSSR count). The Bertz CT molecular complexity index is 232. The summed E-state index contributed by atoms with van der Waals surface area (Å²) in [4.78, 5) is 11.6. The smallest absolute Gasteiger partial charge is 0.323 e. The zero-order chi connectivity index (χ0) is 10.1. The molecule has 1 aliphatic carbocycles. The predicted molar refractivity (Wildman–Crippen MR) is 52.6 cm³/mol. The van der Waals surface area contributed by atoms with Crippen molar-refractivity contribution in [3.63, 3.8) is 0 Å². The van der Waals surface area contributed by atoms with E-state index in [2.05, 4.69) is 5.32 Å². The van der Waals surface area contributed by atoms with Crippen molar-refractivity contribution in [2.45, 2.75) is 31.8 Å². The minimum Gasteiger partial charge on any atom is -0.465 e. The molecule has 4 heteroatoms. The van der Waals surface area contributed by atoms with Gasteiger partial charge in [-0.05, 0) is 31.6 Å². The van der Waals surface area contributed by atoms with Crippen LogP contribution in [0.15, 0.2) is 0 Å². The number of hydrogen-bond donors (Lipinski definition) is 2. The van der Waals surface area contributed by atoms with E-state index in [0.717, 1.165) is 19.4 Å². The van der Waals surface area contributed by atoms with Gasteiger partial charge in [-0.1, -0.05) is 0 Å². The molecule has 0 bridgehead atoms. The normalized spacial score (nSPS) is 41.0. The van der Waals surface area contributed by atoms with Crippen molar-refractivity contribution in [1.29, 1.82) is 0 Å². The van der Waals surface area contributed by atoms with Crippen LogP contribution in [0.4, 0.5) is 0 Å². The summed E-state index contributed by atoms with van der Waals surface area (Å²) >= 11 is 0. The van der Waals surface area contributed by atoms with Crippen LogP contribution in [0.1, 0.15) is 19.8 Å². The van der Waals surface area contributed by atoms with Crippen molar-refractivity contribution < 1.29 is 9.53 Å². The van der Waals surface area contributed by atoms with Crippen LogP contribution < -0.4 is 11.1 Å². The molecule has 0 aromatic carbocycles. The zero-order valence-electron chi connectivity index (χ0n) is 8.53. The molecule has 1 saturated heterocycles. The van der Waals surface area contributed by atoms with Crippen molar-refractivity contribution in [2.75, 3.05) is 13.2 Å². The van der Waals surface area contributed by atoms with Crippen molar-refractivity contribution >= 4 is 5.97 Å². The Balaban J connectivity index is 1.99. The predicted octanol–water partition coefficient (Wildman–Crippen LogP) is -0.125. The molecule has 1 saturated carbocycles. The van der Waals surface area contributed by atoms with E-state index in [9.17, 15) is 4.79 Å². The van der Waals surface area contributed by atoms with Gasteiger partial charge in [-0.2, -0.15) is 0 Å². The molecule has 4 nitrogen and oxygen atoms in total. The van der Waals surface area contributed by atoms with Crippen LogP contribution in [0.25, 0.3) is 0 Å². The van der Waals surface area contributed by atoms with E-state index in [4.69, 9.17) is 10.5 Å². The third-order valence-corrected chi connectivity index (χ3v) is 3.48. The molecule has 0 radical (unpaired) electrons. The first-order valence-electron chi connectivity index (χ1n) is 5.39. The number of fused-ring (bicyclic) bond motifs is 1. The maximum atomic E-state index is 11.6. The summed E-state index contributed by atoms with van der Waals surface area (Å²) in [6, 6.07) is 0.167. The second kappa shape index (κ2) is 3.87. The summed E-state index contributed by atoms with van der Waals surface area (Å²) in [5.74, 6) is 0.780. The monoisotopic (exact) mass is 198 g/mol. The van der Waals surface area contributed by atoms with Gasteiger partial charge >= 0.3 is 5.97 Å². The fourth-order valence-corrected chi connectivity index (χ4v) is 2.75. The van der Waals surface area contributed by atoms with E-state index in [1.54, 1.807) is 0 Å². The Kier molecular flexibility index (Phi) is 2.74. The highest BCUT2D eigenvalue weighted by Crippen LogP contribution is 2.37. The quantitative estimate of drug-likeness (QED) is 0.607. The molecule has 0 aromatic rings. The first-order chi connectivity index (χ1) is 6.74. The molecule has 0 aromatic heterocycles. The van der Waals surface area contributed by atoms with Crippen LogP contribution >= 0.6 is 0 Å². The Morgan fingerprint density at radius 1 is 1.50 bits per heavy atom. The van der Waals surface area contributed by atoms with Gasteiger partial charge in [0.25, 0.3) is 0 Å². The molecular formula is C10H18N2O2. The number of esters is 1. The summed E-state index contributed by atoms with van der Waals surface area (Å²) in [5.41, 5.74) is 5.96. The fraction of sp³-hybridized carbons (Fsp3) is 0.900. The standard InChI is InChI=1S/C10H18N2O2/c1-2-14-10(13)9-6-3-4-8(11)7(6)5-12-9/h6-9,12H,2-5,11H2,1H3/t6-,7-,8-,9-/m1/s1. The van der Waals surface area contributed by atoms with Crippen molar-refractivity contribution in [3.05, 3.63) is 0 Å². The topological polar surface area (TPSA) is 64.3 Å². The lowest BCUT2D eigenvalue weighted by atomic mass is 9.93. The first-order valence-corrected chi connectivity index (χ1v) is 5.39. The number of rotatable bonds is 2. The van der Waals surface area contributed by atoms with Crippen molar-refractivity contribution in [1.82, 2.24) is 5.32 Å². The molecule has 3 N–H and O–H groups in total. The maximum absolute atomic E-state index is 11.6. The number of nitrogens with two attached hydrogens (primary N) is 1. The molecule has 2 aliphatic rings. The van der Waals surface area contributed by atoms with E-state index in [1.807, 2.05) is 6.92 Å². The SMILES string of the molecule is CCOC(=O)[C@@H]1NC[C@@H]2[C@H]1CC[C@H]2N. The average molecular weight is 198 g/mol. The summed E-state index contributed by atoms with van der Waals surface area (Å²) in [7, 11) is 0. The van der Waals surface area contributed by atoms with Crippen molar-refractivity contribution in [3.8, 4) is 0 Å². The summed E-state index contributed by atoms with van der Waals surface area (Å²) < 4.78 is 5.03. The Morgan fingerprint density at radius 3 is 3.00 bits per heavy atom. The molecule has 4 atom stereocenters. The largest absolute Gasteiger partial charge is 0.465 e. The van der Waals surface area contributed by atoms with Crippen LogP contribution in [0.2, 0.25) is 0 Å². The number of carbonyl (C=O) groups is 1. The van der Waals surface area contributed by atoms with Gasteiger partial charge in [-0.3, -0.25) is 4.79 Å². The first kappa shape index (κ1) is 9.93. The van der Waals surface area contributed by atoms with Crippen LogP contribution in [-0.2, 0) is 9.53 Å². The lowest BCUT2D eigenvalue weighted by Gasteiger charge is -2.16. The molecule has 0 amide bonds. The Labute approximate surface area is 84.2 Å². The molecule has 0 spiro atoms. The molecule has 1 aliphatic heterocycles. The average Bonchev–Trinajstić information content (AvgIpc) is 2.69. The van der Waals surface area contributed by atoms with E-state index in [0.29, 0.717) is 18.4 Å². The number of carbonyl (C=O) groups excluding carboxylic acids is 1. The van der Waals surface area contributed by atoms with Crippen molar-refractivity contribution in [2.24, 2.45) is 17.6 Å². The zero-order valence-corrected chi connectivity index (χ0v) is 8.53. The van der Waals surface area contributed by atoms with E-state index < -0.39 is 0 Å². The second-order valence-corrected chi connectivity index (χ2v) is 4.21. The summed E-state index contributed by atoms with van der Waals surface area (Å²) in [6.45, 7) is 3.17. The van der Waals surface area contributed by atoms with E-state index in [-0.39, 0.29) is 18.1 Å². The van der Waals surface area contributed by atoms with Gasteiger partial charge in [0, 0.05) is 12.6 Å². The minimum atomic E-state index is -0.103. The molecule has 14 heavy (non-hydrogen) atoms. The molecular weight excluding hydrogens is 180 g/mol. The van der Waals surface area contributed by atoms with E-state index in [1.165, 1.54) is 0 Å². The highest BCUT2D eigenvalue weighted by Gasteiger charge is 2.46. The third kappa shape index (κ3) is 1.53. The highest BCUT2D eigenvalue weighted by atomic mass is 16.5. The van der Waals surface area contributed by atoms with Gasteiger partial charge in [0.05, 0.1) is 6.61 Å². The Morgan fingerprint density at radius 2 is 2.29 bits per heavy atom. The van der Waals surface area contributed by atoms with E-state index >= 15 is 0 Å². The highest BCUT2D eigenvalue weighted by molar-refractivity contribution is 5.76. The van der Waals surface area contributed by atoms with Gasteiger partial charge in [0.1, 0.15) is 6.04 Å².